The molecular formula is C15H11NO4. The highest BCUT2D eigenvalue weighted by Gasteiger charge is 2.12. The molecule has 1 aromatic heterocycles. The molecule has 0 aliphatic carbocycles. The van der Waals surface area contributed by atoms with E-state index in [1.807, 2.05) is 0 Å². The van der Waals surface area contributed by atoms with E-state index in [2.05, 4.69) is 4.98 Å². The Kier molecular flexibility index (Phi) is 2.87. The fourth-order valence-corrected chi connectivity index (χ4v) is 1.95. The van der Waals surface area contributed by atoms with Gasteiger partial charge in [0.2, 0.25) is 5.89 Å². The van der Waals surface area contributed by atoms with Gasteiger partial charge in [0, 0.05) is 6.07 Å². The lowest BCUT2D eigenvalue weighted by Gasteiger charge is -2.04. The molecule has 0 bridgehead atoms. The first-order valence-corrected chi connectivity index (χ1v) is 5.96. The third-order valence-corrected chi connectivity index (χ3v) is 2.97. The van der Waals surface area contributed by atoms with Crippen molar-refractivity contribution in [1.29, 1.82) is 0 Å². The summed E-state index contributed by atoms with van der Waals surface area (Å²) in [6.45, 7) is 0. The Morgan fingerprint density at radius 3 is 2.75 bits per heavy atom. The highest BCUT2D eigenvalue weighted by atomic mass is 16.5. The van der Waals surface area contributed by atoms with Crippen LogP contribution in [0.2, 0.25) is 0 Å². The van der Waals surface area contributed by atoms with Crippen LogP contribution in [0.1, 0.15) is 0 Å². The summed E-state index contributed by atoms with van der Waals surface area (Å²) in [6, 6.07) is 11.5. The predicted molar refractivity (Wildman–Crippen MR) is 73.9 cm³/mol. The lowest BCUT2D eigenvalue weighted by atomic mass is 10.2. The number of phenols is 1. The van der Waals surface area contributed by atoms with E-state index in [4.69, 9.17) is 9.15 Å². The number of benzene rings is 2. The third kappa shape index (κ3) is 1.99. The zero-order valence-corrected chi connectivity index (χ0v) is 10.7. The van der Waals surface area contributed by atoms with Crippen LogP contribution in [-0.2, 0) is 0 Å². The van der Waals surface area contributed by atoms with E-state index in [0.29, 0.717) is 22.2 Å². The van der Waals surface area contributed by atoms with E-state index in [1.165, 1.54) is 13.2 Å². The van der Waals surface area contributed by atoms with Gasteiger partial charge in [0.25, 0.3) is 0 Å². The molecule has 0 spiro atoms. The molecular weight excluding hydrogens is 258 g/mol. The summed E-state index contributed by atoms with van der Waals surface area (Å²) in [5, 5.41) is 10.2. The van der Waals surface area contributed by atoms with Gasteiger partial charge in [-0.05, 0) is 24.3 Å². The molecule has 0 aliphatic heterocycles. The summed E-state index contributed by atoms with van der Waals surface area (Å²) in [4.78, 5) is 16.2. The van der Waals surface area contributed by atoms with Crippen molar-refractivity contribution in [1.82, 2.24) is 4.98 Å². The second kappa shape index (κ2) is 4.70. The fourth-order valence-electron chi connectivity index (χ4n) is 1.95. The second-order valence-electron chi connectivity index (χ2n) is 4.21. The van der Waals surface area contributed by atoms with Crippen molar-refractivity contribution in [2.75, 3.05) is 7.11 Å². The largest absolute Gasteiger partial charge is 0.507 e. The number of nitrogens with zero attached hydrogens (tertiary/aromatic N) is 1. The number of hydrogen-bond donors (Lipinski definition) is 1. The maximum Gasteiger partial charge on any atom is 0.347 e. The van der Waals surface area contributed by atoms with Gasteiger partial charge < -0.3 is 14.3 Å². The summed E-state index contributed by atoms with van der Waals surface area (Å²) < 4.78 is 10.3. The Morgan fingerprint density at radius 1 is 1.20 bits per heavy atom. The number of aromatic hydroxyl groups is 1. The van der Waals surface area contributed by atoms with Crippen molar-refractivity contribution >= 4 is 10.9 Å². The SMILES string of the molecule is COc1ccc2c(=O)oc(-c3ccccc3O)nc2c1. The second-order valence-corrected chi connectivity index (χ2v) is 4.21. The van der Waals surface area contributed by atoms with Gasteiger partial charge >= 0.3 is 5.63 Å². The molecule has 0 radical (unpaired) electrons. The first-order valence-electron chi connectivity index (χ1n) is 5.96. The van der Waals surface area contributed by atoms with Crippen molar-refractivity contribution in [3.8, 4) is 23.0 Å². The highest BCUT2D eigenvalue weighted by Crippen LogP contribution is 2.27. The number of fused-ring (bicyclic) bond motifs is 1. The van der Waals surface area contributed by atoms with E-state index in [-0.39, 0.29) is 11.6 Å². The van der Waals surface area contributed by atoms with Crippen LogP contribution >= 0.6 is 0 Å². The Morgan fingerprint density at radius 2 is 2.00 bits per heavy atom. The molecule has 0 saturated carbocycles. The van der Waals surface area contributed by atoms with E-state index in [1.54, 1.807) is 36.4 Å². The standard InChI is InChI=1S/C15H11NO4/c1-19-9-6-7-10-12(8-9)16-14(20-15(10)18)11-4-2-3-5-13(11)17/h2-8,17H,1H3. The van der Waals surface area contributed by atoms with Crippen LogP contribution in [0.25, 0.3) is 22.4 Å². The summed E-state index contributed by atoms with van der Waals surface area (Å²) in [5.74, 6) is 0.679. The molecule has 0 aliphatic rings. The molecule has 0 unspecified atom stereocenters. The van der Waals surface area contributed by atoms with E-state index >= 15 is 0 Å². The molecule has 0 fully saturated rings. The zero-order valence-electron chi connectivity index (χ0n) is 10.7. The molecule has 0 amide bonds. The summed E-state index contributed by atoms with van der Waals surface area (Å²) in [5.41, 5.74) is 0.323. The van der Waals surface area contributed by atoms with Crippen molar-refractivity contribution in [2.45, 2.75) is 0 Å². The van der Waals surface area contributed by atoms with Gasteiger partial charge in [-0.2, -0.15) is 0 Å². The third-order valence-electron chi connectivity index (χ3n) is 2.97. The number of aromatic nitrogens is 1. The normalized spacial score (nSPS) is 10.7. The minimum atomic E-state index is -0.504. The van der Waals surface area contributed by atoms with E-state index in [9.17, 15) is 9.90 Å². The Bertz CT molecular complexity index is 839. The number of hydrogen-bond acceptors (Lipinski definition) is 5. The Hall–Kier alpha value is -2.82. The number of para-hydroxylation sites is 1. The topological polar surface area (TPSA) is 72.6 Å². The number of phenolic OH excluding ortho intramolecular Hbond substituents is 1. The summed E-state index contributed by atoms with van der Waals surface area (Å²) in [6.07, 6.45) is 0. The number of ether oxygens (including phenoxy) is 1. The van der Waals surface area contributed by atoms with Gasteiger partial charge in [-0.3, -0.25) is 0 Å². The molecule has 5 nitrogen and oxygen atoms in total. The van der Waals surface area contributed by atoms with Crippen molar-refractivity contribution < 1.29 is 14.3 Å². The van der Waals surface area contributed by atoms with Crippen molar-refractivity contribution in [2.24, 2.45) is 0 Å². The molecule has 2 aromatic carbocycles. The predicted octanol–water partition coefficient (Wildman–Crippen LogP) is 2.57. The molecule has 0 saturated heterocycles. The molecule has 3 aromatic rings. The zero-order chi connectivity index (χ0) is 14.1. The molecule has 5 heteroatoms. The Balaban J connectivity index is 2.28. The summed E-state index contributed by atoms with van der Waals surface area (Å²) in [7, 11) is 1.54. The monoisotopic (exact) mass is 269 g/mol. The molecule has 3 rings (SSSR count). The van der Waals surface area contributed by atoms with Crippen LogP contribution in [0.15, 0.2) is 51.7 Å². The van der Waals surface area contributed by atoms with Gasteiger partial charge in [0.05, 0.1) is 23.6 Å². The van der Waals surface area contributed by atoms with Crippen LogP contribution in [0.4, 0.5) is 0 Å². The Labute approximate surface area is 114 Å². The number of rotatable bonds is 2. The minimum Gasteiger partial charge on any atom is -0.507 e. The van der Waals surface area contributed by atoms with E-state index in [0.717, 1.165) is 0 Å². The first-order chi connectivity index (χ1) is 9.69. The lowest BCUT2D eigenvalue weighted by Crippen LogP contribution is -2.03. The first kappa shape index (κ1) is 12.2. The van der Waals surface area contributed by atoms with Crippen LogP contribution < -0.4 is 10.4 Å². The van der Waals surface area contributed by atoms with Crippen molar-refractivity contribution in [3.63, 3.8) is 0 Å². The highest BCUT2D eigenvalue weighted by molar-refractivity contribution is 5.80. The van der Waals surface area contributed by atoms with Crippen LogP contribution in [-0.4, -0.2) is 17.2 Å². The minimum absolute atomic E-state index is 0.00500. The average molecular weight is 269 g/mol. The van der Waals surface area contributed by atoms with Gasteiger partial charge in [0.15, 0.2) is 0 Å². The fraction of sp³-hybridized carbons (Fsp3) is 0.0667. The van der Waals surface area contributed by atoms with Gasteiger partial charge in [-0.1, -0.05) is 12.1 Å². The quantitative estimate of drug-likeness (QED) is 0.774. The van der Waals surface area contributed by atoms with Crippen LogP contribution in [0, 0.1) is 0 Å². The number of methoxy groups -OCH3 is 1. The average Bonchev–Trinajstić information content (AvgIpc) is 2.47. The lowest BCUT2D eigenvalue weighted by molar-refractivity contribution is 0.415. The maximum absolute atomic E-state index is 12.0. The van der Waals surface area contributed by atoms with Gasteiger partial charge in [-0.15, -0.1) is 0 Å². The van der Waals surface area contributed by atoms with Gasteiger partial charge in [-0.25, -0.2) is 9.78 Å². The van der Waals surface area contributed by atoms with Crippen LogP contribution in [0.3, 0.4) is 0 Å². The smallest absolute Gasteiger partial charge is 0.347 e. The molecule has 20 heavy (non-hydrogen) atoms. The van der Waals surface area contributed by atoms with Gasteiger partial charge in [0.1, 0.15) is 11.5 Å². The maximum atomic E-state index is 12.0. The van der Waals surface area contributed by atoms with Crippen molar-refractivity contribution in [3.05, 3.63) is 52.9 Å². The molecule has 1 N–H and O–H groups in total. The molecule has 1 heterocycles. The van der Waals surface area contributed by atoms with E-state index < -0.39 is 5.63 Å². The molecule has 100 valence electrons. The molecule has 0 atom stereocenters. The summed E-state index contributed by atoms with van der Waals surface area (Å²) >= 11 is 0. The van der Waals surface area contributed by atoms with Crippen LogP contribution in [0.5, 0.6) is 11.5 Å².